The molecule has 0 aliphatic carbocycles. The molecular weight excluding hydrogens is 408 g/mol. The molecular formula is C21H22N2O6S. The number of hydrogen-bond acceptors (Lipinski definition) is 6. The predicted octanol–water partition coefficient (Wildman–Crippen LogP) is 3.12. The van der Waals surface area contributed by atoms with Gasteiger partial charge in [-0.1, -0.05) is 12.1 Å². The maximum atomic E-state index is 12.6. The SMILES string of the molecule is COc1ccc(CCNS(=O)(=O)c2ccc(NCc3ccco3)c(C(=O)O)c2)cc1. The number of aromatic carboxylic acids is 1. The Hall–Kier alpha value is -3.30. The van der Waals surface area contributed by atoms with Crippen molar-refractivity contribution in [1.29, 1.82) is 0 Å². The van der Waals surface area contributed by atoms with Gasteiger partial charge < -0.3 is 19.6 Å². The molecule has 0 spiro atoms. The molecule has 0 atom stereocenters. The molecule has 0 radical (unpaired) electrons. The first kappa shape index (κ1) is 21.4. The topological polar surface area (TPSA) is 118 Å². The second kappa shape index (κ2) is 9.47. The Kier molecular flexibility index (Phi) is 6.76. The van der Waals surface area contributed by atoms with E-state index in [-0.39, 0.29) is 23.5 Å². The van der Waals surface area contributed by atoms with Crippen LogP contribution in [0.3, 0.4) is 0 Å². The van der Waals surface area contributed by atoms with Crippen LogP contribution in [0.15, 0.2) is 70.2 Å². The van der Waals surface area contributed by atoms with Crippen molar-refractivity contribution in [3.05, 3.63) is 77.7 Å². The average molecular weight is 430 g/mol. The lowest BCUT2D eigenvalue weighted by Crippen LogP contribution is -2.26. The first-order chi connectivity index (χ1) is 14.4. The van der Waals surface area contributed by atoms with E-state index in [9.17, 15) is 18.3 Å². The van der Waals surface area contributed by atoms with Crippen LogP contribution in [0.25, 0.3) is 0 Å². The van der Waals surface area contributed by atoms with Crippen LogP contribution in [0.2, 0.25) is 0 Å². The lowest BCUT2D eigenvalue weighted by Gasteiger charge is -2.12. The summed E-state index contributed by atoms with van der Waals surface area (Å²) in [5.74, 6) is 0.122. The zero-order chi connectivity index (χ0) is 21.6. The molecule has 0 aliphatic rings. The fraction of sp³-hybridized carbons (Fsp3) is 0.190. The first-order valence-corrected chi connectivity index (χ1v) is 10.6. The summed E-state index contributed by atoms with van der Waals surface area (Å²) in [6, 6.07) is 14.7. The minimum absolute atomic E-state index is 0.113. The average Bonchev–Trinajstić information content (AvgIpc) is 3.26. The van der Waals surface area contributed by atoms with Gasteiger partial charge in [0.1, 0.15) is 11.5 Å². The highest BCUT2D eigenvalue weighted by molar-refractivity contribution is 7.89. The minimum atomic E-state index is -3.86. The van der Waals surface area contributed by atoms with Crippen LogP contribution in [-0.4, -0.2) is 33.1 Å². The van der Waals surface area contributed by atoms with E-state index < -0.39 is 16.0 Å². The highest BCUT2D eigenvalue weighted by Gasteiger charge is 2.19. The Morgan fingerprint density at radius 3 is 2.53 bits per heavy atom. The summed E-state index contributed by atoms with van der Waals surface area (Å²) in [5, 5.41) is 12.4. The fourth-order valence-corrected chi connectivity index (χ4v) is 3.88. The third-order valence-corrected chi connectivity index (χ3v) is 5.89. The van der Waals surface area contributed by atoms with Crippen LogP contribution in [0.4, 0.5) is 5.69 Å². The number of rotatable bonds is 10. The van der Waals surface area contributed by atoms with Gasteiger partial charge in [0.05, 0.1) is 30.4 Å². The molecule has 0 saturated heterocycles. The van der Waals surface area contributed by atoms with E-state index in [1.165, 1.54) is 18.4 Å². The lowest BCUT2D eigenvalue weighted by atomic mass is 10.1. The Labute approximate surface area is 174 Å². The van der Waals surface area contributed by atoms with Gasteiger partial charge in [0, 0.05) is 12.2 Å². The maximum Gasteiger partial charge on any atom is 0.337 e. The summed E-state index contributed by atoms with van der Waals surface area (Å²) < 4.78 is 38.0. The summed E-state index contributed by atoms with van der Waals surface area (Å²) in [6.45, 7) is 0.453. The van der Waals surface area contributed by atoms with Crippen molar-refractivity contribution < 1.29 is 27.5 Å². The third kappa shape index (κ3) is 5.40. The summed E-state index contributed by atoms with van der Waals surface area (Å²) in [7, 11) is -2.28. The van der Waals surface area contributed by atoms with E-state index >= 15 is 0 Å². The van der Waals surface area contributed by atoms with Crippen LogP contribution < -0.4 is 14.8 Å². The van der Waals surface area contributed by atoms with Crippen LogP contribution in [-0.2, 0) is 23.0 Å². The number of furan rings is 1. The molecule has 8 nitrogen and oxygen atoms in total. The van der Waals surface area contributed by atoms with E-state index in [2.05, 4.69) is 10.0 Å². The second-order valence-corrected chi connectivity index (χ2v) is 8.21. The van der Waals surface area contributed by atoms with E-state index in [1.807, 2.05) is 12.1 Å². The molecule has 3 aromatic rings. The molecule has 3 N–H and O–H groups in total. The number of carboxylic acid groups (broad SMARTS) is 1. The fourth-order valence-electron chi connectivity index (χ4n) is 2.82. The number of methoxy groups -OCH3 is 1. The van der Waals surface area contributed by atoms with Gasteiger partial charge in [-0.25, -0.2) is 17.9 Å². The van der Waals surface area contributed by atoms with Crippen LogP contribution in [0, 0.1) is 0 Å². The first-order valence-electron chi connectivity index (χ1n) is 9.15. The number of sulfonamides is 1. The molecule has 158 valence electrons. The maximum absolute atomic E-state index is 12.6. The Morgan fingerprint density at radius 2 is 1.90 bits per heavy atom. The van der Waals surface area contributed by atoms with Crippen LogP contribution in [0.1, 0.15) is 21.7 Å². The Morgan fingerprint density at radius 1 is 1.13 bits per heavy atom. The van der Waals surface area contributed by atoms with E-state index in [4.69, 9.17) is 9.15 Å². The minimum Gasteiger partial charge on any atom is -0.497 e. The van der Waals surface area contributed by atoms with Crippen molar-refractivity contribution in [2.45, 2.75) is 17.9 Å². The smallest absolute Gasteiger partial charge is 0.337 e. The molecule has 0 saturated carbocycles. The normalized spacial score (nSPS) is 11.2. The zero-order valence-corrected chi connectivity index (χ0v) is 17.1. The highest BCUT2D eigenvalue weighted by atomic mass is 32.2. The van der Waals surface area contributed by atoms with Crippen molar-refractivity contribution in [3.63, 3.8) is 0 Å². The van der Waals surface area contributed by atoms with Gasteiger partial charge in [-0.2, -0.15) is 0 Å². The van der Waals surface area contributed by atoms with Crippen molar-refractivity contribution in [2.24, 2.45) is 0 Å². The van der Waals surface area contributed by atoms with E-state index in [0.717, 1.165) is 17.4 Å². The van der Waals surface area contributed by atoms with Crippen molar-refractivity contribution in [3.8, 4) is 5.75 Å². The van der Waals surface area contributed by atoms with Gasteiger partial charge in [-0.05, 0) is 54.4 Å². The zero-order valence-electron chi connectivity index (χ0n) is 16.3. The predicted molar refractivity (Wildman–Crippen MR) is 111 cm³/mol. The number of ether oxygens (including phenoxy) is 1. The van der Waals surface area contributed by atoms with E-state index in [1.54, 1.807) is 31.4 Å². The van der Waals surface area contributed by atoms with Gasteiger partial charge in [0.15, 0.2) is 0 Å². The van der Waals surface area contributed by atoms with Gasteiger partial charge in [-0.15, -0.1) is 0 Å². The van der Waals surface area contributed by atoms with Gasteiger partial charge in [0.25, 0.3) is 0 Å². The number of benzene rings is 2. The monoisotopic (exact) mass is 430 g/mol. The lowest BCUT2D eigenvalue weighted by molar-refractivity contribution is 0.0697. The number of carbonyl (C=O) groups is 1. The van der Waals surface area contributed by atoms with Crippen molar-refractivity contribution in [2.75, 3.05) is 19.0 Å². The molecule has 0 bridgehead atoms. The van der Waals surface area contributed by atoms with Gasteiger partial charge in [-0.3, -0.25) is 0 Å². The van der Waals surface area contributed by atoms with E-state index in [0.29, 0.717) is 17.9 Å². The molecule has 1 aromatic heterocycles. The highest BCUT2D eigenvalue weighted by Crippen LogP contribution is 2.22. The Balaban J connectivity index is 1.67. The van der Waals surface area contributed by atoms with Crippen LogP contribution in [0.5, 0.6) is 5.75 Å². The van der Waals surface area contributed by atoms with Crippen LogP contribution >= 0.6 is 0 Å². The Bertz CT molecular complexity index is 1090. The number of nitrogens with one attached hydrogen (secondary N) is 2. The number of hydrogen-bond donors (Lipinski definition) is 3. The molecule has 0 aliphatic heterocycles. The summed E-state index contributed by atoms with van der Waals surface area (Å²) in [5.41, 5.74) is 1.11. The second-order valence-electron chi connectivity index (χ2n) is 6.44. The molecule has 0 unspecified atom stereocenters. The molecule has 9 heteroatoms. The summed E-state index contributed by atoms with van der Waals surface area (Å²) >= 11 is 0. The number of carboxylic acids is 1. The molecule has 0 fully saturated rings. The largest absolute Gasteiger partial charge is 0.497 e. The molecule has 3 rings (SSSR count). The summed E-state index contributed by atoms with van der Waals surface area (Å²) in [4.78, 5) is 11.5. The van der Waals surface area contributed by atoms with Gasteiger partial charge >= 0.3 is 5.97 Å². The standard InChI is InChI=1S/C21H22N2O6S/c1-28-16-6-4-15(5-7-16)10-11-23-30(26,27)18-8-9-20(19(13-18)21(24)25)22-14-17-3-2-12-29-17/h2-9,12-13,22-23H,10-11,14H2,1H3,(H,24,25). The molecule has 30 heavy (non-hydrogen) atoms. The molecule has 1 heterocycles. The molecule has 2 aromatic carbocycles. The van der Waals surface area contributed by atoms with Gasteiger partial charge in [0.2, 0.25) is 10.0 Å². The van der Waals surface area contributed by atoms with Crippen molar-refractivity contribution in [1.82, 2.24) is 4.72 Å². The summed E-state index contributed by atoms with van der Waals surface area (Å²) in [6.07, 6.45) is 2.00. The quantitative estimate of drug-likeness (QED) is 0.452. The molecule has 0 amide bonds. The number of anilines is 1. The third-order valence-electron chi connectivity index (χ3n) is 4.43. The van der Waals surface area contributed by atoms with Crippen molar-refractivity contribution >= 4 is 21.7 Å².